The van der Waals surface area contributed by atoms with Gasteiger partial charge in [0.05, 0.1) is 24.1 Å². The van der Waals surface area contributed by atoms with Gasteiger partial charge in [0.25, 0.3) is 0 Å². The van der Waals surface area contributed by atoms with E-state index in [9.17, 15) is 5.11 Å². The lowest BCUT2D eigenvalue weighted by Gasteiger charge is -2.35. The van der Waals surface area contributed by atoms with Crippen LogP contribution in [0.5, 0.6) is 11.5 Å². The quantitative estimate of drug-likeness (QED) is 0.797. The fourth-order valence-electron chi connectivity index (χ4n) is 5.66. The number of likely N-dealkylation sites (tertiary alicyclic amines) is 1. The third-order valence-electron chi connectivity index (χ3n) is 6.41. The molecular weight excluding hydrogens is 266 g/mol. The van der Waals surface area contributed by atoms with Gasteiger partial charge in [-0.05, 0) is 36.7 Å². The molecule has 1 aromatic rings. The second kappa shape index (κ2) is 2.71. The van der Waals surface area contributed by atoms with E-state index in [1.807, 2.05) is 6.08 Å². The average Bonchev–Trinajstić information content (AvgIpc) is 2.83. The van der Waals surface area contributed by atoms with Crippen LogP contribution in [0.1, 0.15) is 17.5 Å². The summed E-state index contributed by atoms with van der Waals surface area (Å²) in [7, 11) is 3.89. The van der Waals surface area contributed by atoms with Gasteiger partial charge in [0.2, 0.25) is 0 Å². The third kappa shape index (κ3) is 0.764. The molecule has 4 heteroatoms. The minimum absolute atomic E-state index is 0.110. The number of benzene rings is 1. The van der Waals surface area contributed by atoms with Crippen molar-refractivity contribution in [3.63, 3.8) is 0 Å². The van der Waals surface area contributed by atoms with E-state index in [0.29, 0.717) is 11.8 Å². The Kier molecular flexibility index (Phi) is 1.38. The number of nitrogens with zero attached hydrogens (tertiary/aromatic N) is 1. The van der Waals surface area contributed by atoms with E-state index in [2.05, 4.69) is 24.1 Å². The van der Waals surface area contributed by atoms with Crippen molar-refractivity contribution >= 4 is 0 Å². The maximum absolute atomic E-state index is 10.3. The van der Waals surface area contributed by atoms with Gasteiger partial charge in [0.1, 0.15) is 5.76 Å². The molecule has 4 nitrogen and oxygen atoms in total. The van der Waals surface area contributed by atoms with Crippen LogP contribution in [0.25, 0.3) is 0 Å². The summed E-state index contributed by atoms with van der Waals surface area (Å²) in [5, 5.41) is 10.3. The summed E-state index contributed by atoms with van der Waals surface area (Å²) in [5.41, 5.74) is 4.01. The van der Waals surface area contributed by atoms with E-state index in [-0.39, 0.29) is 22.8 Å². The van der Waals surface area contributed by atoms with E-state index in [4.69, 9.17) is 9.47 Å². The number of hydrogen-bond donors (Lipinski definition) is 1. The molecule has 6 rings (SSSR count). The highest BCUT2D eigenvalue weighted by Crippen LogP contribution is 2.79. The zero-order valence-corrected chi connectivity index (χ0v) is 11.9. The molecule has 1 aromatic carbocycles. The molecule has 3 aliphatic carbocycles. The Morgan fingerprint density at radius 3 is 3.05 bits per heavy atom. The molecule has 2 spiro atoms. The molecule has 2 bridgehead atoms. The molecule has 3 unspecified atom stereocenters. The van der Waals surface area contributed by atoms with Crippen molar-refractivity contribution in [3.05, 3.63) is 46.7 Å². The Hall–Kier alpha value is -1.94. The lowest BCUT2D eigenvalue weighted by atomic mass is 9.69. The SMILES string of the molecule is COC1=CC=C2[C@@H]3N(C)C34C[C@@]23c2c4ccc(O)c2OC13. The van der Waals surface area contributed by atoms with Crippen LogP contribution < -0.4 is 4.74 Å². The highest BCUT2D eigenvalue weighted by molar-refractivity contribution is 5.76. The van der Waals surface area contributed by atoms with Crippen molar-refractivity contribution in [2.75, 3.05) is 14.2 Å². The van der Waals surface area contributed by atoms with Gasteiger partial charge in [-0.3, -0.25) is 4.90 Å². The summed E-state index contributed by atoms with van der Waals surface area (Å²) in [6.45, 7) is 0. The van der Waals surface area contributed by atoms with Gasteiger partial charge in [-0.2, -0.15) is 0 Å². The number of hydrogen-bond acceptors (Lipinski definition) is 4. The van der Waals surface area contributed by atoms with Crippen LogP contribution in [-0.2, 0) is 15.7 Å². The number of ether oxygens (including phenoxy) is 2. The van der Waals surface area contributed by atoms with Crippen LogP contribution in [0.15, 0.2) is 35.6 Å². The Balaban J connectivity index is 1.76. The van der Waals surface area contributed by atoms with E-state index in [1.54, 1.807) is 13.2 Å². The molecule has 106 valence electrons. The van der Waals surface area contributed by atoms with E-state index in [0.717, 1.165) is 12.2 Å². The fourth-order valence-corrected chi connectivity index (χ4v) is 5.66. The van der Waals surface area contributed by atoms with Crippen molar-refractivity contribution in [1.82, 2.24) is 4.90 Å². The van der Waals surface area contributed by atoms with Gasteiger partial charge in [0, 0.05) is 5.56 Å². The number of methoxy groups -OCH3 is 1. The van der Waals surface area contributed by atoms with Crippen LogP contribution in [0.2, 0.25) is 0 Å². The maximum Gasteiger partial charge on any atom is 0.169 e. The standard InChI is InChI=1S/C17H15NO3/c1-18-14-9-4-6-11(20-2)15-16(9)7-17(14,18)8-3-5-10(19)13(21-15)12(8)16/h3-6,14-15,19H,7H2,1-2H3/t14-,15?,16-,17?,18?/m0/s1. The minimum Gasteiger partial charge on any atom is -0.504 e. The van der Waals surface area contributed by atoms with Crippen LogP contribution in [0, 0.1) is 0 Å². The molecule has 2 fully saturated rings. The van der Waals surface area contributed by atoms with Crippen molar-refractivity contribution < 1.29 is 14.6 Å². The van der Waals surface area contributed by atoms with Crippen molar-refractivity contribution in [1.29, 1.82) is 0 Å². The van der Waals surface area contributed by atoms with Crippen molar-refractivity contribution in [2.24, 2.45) is 0 Å². The first-order valence-corrected chi connectivity index (χ1v) is 7.39. The first-order chi connectivity index (χ1) is 10.2. The van der Waals surface area contributed by atoms with Crippen molar-refractivity contribution in [2.45, 2.75) is 29.5 Å². The van der Waals surface area contributed by atoms with Crippen LogP contribution in [0.3, 0.4) is 0 Å². The second-order valence-corrected chi connectivity index (χ2v) is 6.82. The second-order valence-electron chi connectivity index (χ2n) is 6.82. The largest absolute Gasteiger partial charge is 0.504 e. The zero-order valence-electron chi connectivity index (χ0n) is 11.9. The Morgan fingerprint density at radius 2 is 2.24 bits per heavy atom. The van der Waals surface area contributed by atoms with E-state index < -0.39 is 0 Å². The smallest absolute Gasteiger partial charge is 0.169 e. The van der Waals surface area contributed by atoms with Gasteiger partial charge in [-0.25, -0.2) is 0 Å². The molecule has 0 aromatic heterocycles. The number of fused-ring (bicyclic) bond motifs is 1. The summed E-state index contributed by atoms with van der Waals surface area (Å²) < 4.78 is 11.7. The number of rotatable bonds is 1. The zero-order chi connectivity index (χ0) is 14.1. The minimum atomic E-state index is -0.120. The summed E-state index contributed by atoms with van der Waals surface area (Å²) in [6.07, 6.45) is 5.18. The molecule has 1 saturated carbocycles. The maximum atomic E-state index is 10.3. The van der Waals surface area contributed by atoms with Crippen LogP contribution in [-0.4, -0.2) is 36.3 Å². The van der Waals surface area contributed by atoms with Gasteiger partial charge in [-0.15, -0.1) is 0 Å². The lowest BCUT2D eigenvalue weighted by Crippen LogP contribution is -2.42. The summed E-state index contributed by atoms with van der Waals surface area (Å²) >= 11 is 0. The summed E-state index contributed by atoms with van der Waals surface area (Å²) in [6, 6.07) is 4.36. The molecule has 1 N–H and O–H groups in total. The summed E-state index contributed by atoms with van der Waals surface area (Å²) in [5.74, 6) is 1.78. The van der Waals surface area contributed by atoms with Gasteiger partial charge in [-0.1, -0.05) is 12.1 Å². The number of aromatic hydroxyl groups is 1. The number of phenols is 1. The van der Waals surface area contributed by atoms with Gasteiger partial charge < -0.3 is 14.6 Å². The predicted molar refractivity (Wildman–Crippen MR) is 75.2 cm³/mol. The fraction of sp³-hybridized carbons (Fsp3) is 0.412. The number of likely N-dealkylation sites (N-methyl/N-ethyl adjacent to an activating group) is 1. The van der Waals surface area contributed by atoms with Gasteiger partial charge >= 0.3 is 0 Å². The highest BCUT2D eigenvalue weighted by Gasteiger charge is 2.83. The Morgan fingerprint density at radius 1 is 1.38 bits per heavy atom. The van der Waals surface area contributed by atoms with E-state index in [1.165, 1.54) is 16.7 Å². The number of piperidine rings is 1. The predicted octanol–water partition coefficient (Wildman–Crippen LogP) is 1.79. The third-order valence-corrected chi connectivity index (χ3v) is 6.41. The van der Waals surface area contributed by atoms with Crippen LogP contribution >= 0.6 is 0 Å². The first kappa shape index (κ1) is 10.7. The number of phenolic OH excluding ortho intramolecular Hbond substituents is 1. The van der Waals surface area contributed by atoms with Crippen molar-refractivity contribution in [3.8, 4) is 11.5 Å². The van der Waals surface area contributed by atoms with Crippen LogP contribution in [0.4, 0.5) is 0 Å². The molecular formula is C17H15NO3. The van der Waals surface area contributed by atoms with Gasteiger partial charge in [0.15, 0.2) is 17.6 Å². The highest BCUT2D eigenvalue weighted by atomic mass is 16.5. The number of allylic oxidation sites excluding steroid dienone is 2. The normalized spacial score (nSPS) is 45.5. The molecule has 2 aliphatic heterocycles. The molecule has 0 amide bonds. The molecule has 21 heavy (non-hydrogen) atoms. The topological polar surface area (TPSA) is 41.7 Å². The molecule has 5 aliphatic rings. The van der Waals surface area contributed by atoms with E-state index >= 15 is 0 Å². The summed E-state index contributed by atoms with van der Waals surface area (Å²) in [4.78, 5) is 2.46. The average molecular weight is 281 g/mol. The molecule has 0 radical (unpaired) electrons. The molecule has 2 heterocycles. The first-order valence-electron chi connectivity index (χ1n) is 7.39. The Bertz CT molecular complexity index is 810. The molecule has 1 saturated heterocycles. The monoisotopic (exact) mass is 281 g/mol. The Labute approximate surface area is 122 Å². The molecule has 5 atom stereocenters. The lowest BCUT2D eigenvalue weighted by molar-refractivity contribution is 0.111.